The summed E-state index contributed by atoms with van der Waals surface area (Å²) >= 11 is 0. The lowest BCUT2D eigenvalue weighted by Gasteiger charge is -2.30. The van der Waals surface area contributed by atoms with Gasteiger partial charge in [0.1, 0.15) is 0 Å². The summed E-state index contributed by atoms with van der Waals surface area (Å²) in [6, 6.07) is 2.68. The lowest BCUT2D eigenvalue weighted by Crippen LogP contribution is -2.45. The van der Waals surface area contributed by atoms with E-state index >= 15 is 0 Å². The molecule has 6 nitrogen and oxygen atoms in total. The molecule has 1 fully saturated rings. The Kier molecular flexibility index (Phi) is 8.39. The Bertz CT molecular complexity index is 725. The summed E-state index contributed by atoms with van der Waals surface area (Å²) < 4.78 is 52.5. The van der Waals surface area contributed by atoms with Crippen LogP contribution in [0.5, 0.6) is 0 Å². The van der Waals surface area contributed by atoms with Crippen molar-refractivity contribution >= 4 is 28.3 Å². The second kappa shape index (κ2) is 9.59. The number of halogens is 3. The SMILES string of the molecule is CNC(C)CNC(=O)C1CCN(S(=O)(=O)c2ccc(F)c(F)c2)CC1.Cl. The molecule has 1 heterocycles. The van der Waals surface area contributed by atoms with Gasteiger partial charge in [0.15, 0.2) is 11.6 Å². The van der Waals surface area contributed by atoms with Crippen LogP contribution in [0.3, 0.4) is 0 Å². The molecule has 1 aliphatic heterocycles. The van der Waals surface area contributed by atoms with Crippen molar-refractivity contribution in [2.24, 2.45) is 5.92 Å². The fourth-order valence-corrected chi connectivity index (χ4v) is 4.13. The lowest BCUT2D eigenvalue weighted by molar-refractivity contribution is -0.126. The minimum atomic E-state index is -3.90. The summed E-state index contributed by atoms with van der Waals surface area (Å²) in [6.45, 7) is 2.78. The van der Waals surface area contributed by atoms with Crippen molar-refractivity contribution in [3.63, 3.8) is 0 Å². The van der Waals surface area contributed by atoms with Gasteiger partial charge >= 0.3 is 0 Å². The number of carbonyl (C=O) groups is 1. The topological polar surface area (TPSA) is 78.5 Å². The number of nitrogens with one attached hydrogen (secondary N) is 2. The summed E-state index contributed by atoms with van der Waals surface area (Å²) in [4.78, 5) is 11.8. The van der Waals surface area contributed by atoms with E-state index in [9.17, 15) is 22.0 Å². The molecule has 1 aliphatic rings. The van der Waals surface area contributed by atoms with E-state index in [0.29, 0.717) is 25.5 Å². The minimum Gasteiger partial charge on any atom is -0.354 e. The van der Waals surface area contributed by atoms with Gasteiger partial charge in [-0.1, -0.05) is 0 Å². The molecule has 1 aromatic carbocycles. The highest BCUT2D eigenvalue weighted by Gasteiger charge is 2.32. The van der Waals surface area contributed by atoms with Gasteiger partial charge in [-0.3, -0.25) is 4.79 Å². The number of nitrogens with zero attached hydrogens (tertiary/aromatic N) is 1. The fraction of sp³-hybridized carbons (Fsp3) is 0.562. The van der Waals surface area contributed by atoms with Crippen LogP contribution >= 0.6 is 12.4 Å². The van der Waals surface area contributed by atoms with Crippen molar-refractivity contribution in [3.8, 4) is 0 Å². The zero-order valence-corrected chi connectivity index (χ0v) is 16.3. The third-order valence-electron chi connectivity index (χ3n) is 4.43. The highest BCUT2D eigenvalue weighted by Crippen LogP contribution is 2.24. The second-order valence-electron chi connectivity index (χ2n) is 6.19. The Hall–Kier alpha value is -1.29. The van der Waals surface area contributed by atoms with Gasteiger partial charge in [0, 0.05) is 31.6 Å². The molecular weight excluding hydrogens is 388 g/mol. The van der Waals surface area contributed by atoms with Crippen LogP contribution in [0, 0.1) is 17.6 Å². The minimum absolute atomic E-state index is 0. The molecule has 1 unspecified atom stereocenters. The predicted molar refractivity (Wildman–Crippen MR) is 96.6 cm³/mol. The molecule has 1 amide bonds. The largest absolute Gasteiger partial charge is 0.354 e. The standard InChI is InChI=1S/C16H23F2N3O3S.ClH/c1-11(19-2)10-20-16(22)12-5-7-21(8-6-12)25(23,24)13-3-4-14(17)15(18)9-13;/h3-4,9,11-12,19H,5-8,10H2,1-2H3,(H,20,22);1H. The number of hydrogen-bond donors (Lipinski definition) is 2. The zero-order chi connectivity index (χ0) is 18.6. The first-order valence-corrected chi connectivity index (χ1v) is 9.60. The molecule has 1 saturated heterocycles. The maximum Gasteiger partial charge on any atom is 0.243 e. The summed E-state index contributed by atoms with van der Waals surface area (Å²) in [7, 11) is -2.09. The van der Waals surface area contributed by atoms with Crippen LogP contribution in [0.1, 0.15) is 19.8 Å². The van der Waals surface area contributed by atoms with E-state index in [4.69, 9.17) is 0 Å². The summed E-state index contributed by atoms with van der Waals surface area (Å²) in [6.07, 6.45) is 0.783. The molecule has 1 atom stereocenters. The van der Waals surface area contributed by atoms with Crippen molar-refractivity contribution < 1.29 is 22.0 Å². The third kappa shape index (κ3) is 5.35. The first-order valence-electron chi connectivity index (χ1n) is 8.16. The molecule has 2 rings (SSSR count). The Labute approximate surface area is 158 Å². The van der Waals surface area contributed by atoms with Gasteiger partial charge in [-0.05, 0) is 45.0 Å². The van der Waals surface area contributed by atoms with Crippen LogP contribution in [0.15, 0.2) is 23.1 Å². The maximum atomic E-state index is 13.3. The Morgan fingerprint density at radius 1 is 1.27 bits per heavy atom. The molecule has 0 aliphatic carbocycles. The highest BCUT2D eigenvalue weighted by molar-refractivity contribution is 7.89. The van der Waals surface area contributed by atoms with Crippen LogP contribution < -0.4 is 10.6 Å². The van der Waals surface area contributed by atoms with Gasteiger partial charge < -0.3 is 10.6 Å². The van der Waals surface area contributed by atoms with Crippen molar-refractivity contribution in [1.82, 2.24) is 14.9 Å². The number of rotatable bonds is 6. The monoisotopic (exact) mass is 411 g/mol. The van der Waals surface area contributed by atoms with Crippen LogP contribution in [-0.4, -0.2) is 51.4 Å². The summed E-state index contributed by atoms with van der Waals surface area (Å²) in [5.41, 5.74) is 0. The Balaban J connectivity index is 0.00000338. The van der Waals surface area contributed by atoms with Crippen molar-refractivity contribution in [3.05, 3.63) is 29.8 Å². The van der Waals surface area contributed by atoms with Crippen LogP contribution in [-0.2, 0) is 14.8 Å². The molecule has 2 N–H and O–H groups in total. The zero-order valence-electron chi connectivity index (χ0n) is 14.7. The fourth-order valence-electron chi connectivity index (χ4n) is 2.64. The summed E-state index contributed by atoms with van der Waals surface area (Å²) in [5, 5.41) is 5.86. The van der Waals surface area contributed by atoms with Crippen molar-refractivity contribution in [2.45, 2.75) is 30.7 Å². The van der Waals surface area contributed by atoms with E-state index in [1.165, 1.54) is 4.31 Å². The average Bonchev–Trinajstić information content (AvgIpc) is 2.61. The first-order chi connectivity index (χ1) is 11.8. The van der Waals surface area contributed by atoms with E-state index in [-0.39, 0.29) is 48.3 Å². The van der Waals surface area contributed by atoms with Gasteiger partial charge in [0.05, 0.1) is 4.90 Å². The second-order valence-corrected chi connectivity index (χ2v) is 8.13. The normalized spacial score (nSPS) is 17.4. The van der Waals surface area contributed by atoms with Gasteiger partial charge in [-0.25, -0.2) is 17.2 Å². The molecule has 1 aromatic rings. The van der Waals surface area contributed by atoms with Crippen LogP contribution in [0.25, 0.3) is 0 Å². The first kappa shape index (κ1) is 22.8. The van der Waals surface area contributed by atoms with Crippen LogP contribution in [0.4, 0.5) is 8.78 Å². The van der Waals surface area contributed by atoms with Gasteiger partial charge in [0.2, 0.25) is 15.9 Å². The van der Waals surface area contributed by atoms with Gasteiger partial charge in [-0.2, -0.15) is 4.31 Å². The predicted octanol–water partition coefficient (Wildman–Crippen LogP) is 1.51. The lowest BCUT2D eigenvalue weighted by atomic mass is 9.97. The van der Waals surface area contributed by atoms with Gasteiger partial charge in [0.25, 0.3) is 0 Å². The molecular formula is C16H24ClF2N3O3S. The molecule has 0 spiro atoms. The summed E-state index contributed by atoms with van der Waals surface area (Å²) in [5.74, 6) is -2.63. The Morgan fingerprint density at radius 2 is 1.88 bits per heavy atom. The Morgan fingerprint density at radius 3 is 2.42 bits per heavy atom. The number of carbonyl (C=O) groups excluding carboxylic acids is 1. The van der Waals surface area contributed by atoms with E-state index in [0.717, 1.165) is 12.1 Å². The van der Waals surface area contributed by atoms with E-state index in [2.05, 4.69) is 10.6 Å². The number of piperidine rings is 1. The quantitative estimate of drug-likeness (QED) is 0.743. The molecule has 0 bridgehead atoms. The third-order valence-corrected chi connectivity index (χ3v) is 6.32. The number of sulfonamides is 1. The maximum absolute atomic E-state index is 13.3. The number of amides is 1. The highest BCUT2D eigenvalue weighted by atomic mass is 35.5. The molecule has 0 aromatic heterocycles. The molecule has 0 radical (unpaired) electrons. The number of benzene rings is 1. The molecule has 26 heavy (non-hydrogen) atoms. The van der Waals surface area contributed by atoms with Gasteiger partial charge in [-0.15, -0.1) is 12.4 Å². The average molecular weight is 412 g/mol. The number of likely N-dealkylation sites (N-methyl/N-ethyl adjacent to an activating group) is 1. The van der Waals surface area contributed by atoms with E-state index in [1.807, 2.05) is 6.92 Å². The van der Waals surface area contributed by atoms with Crippen LogP contribution in [0.2, 0.25) is 0 Å². The molecule has 148 valence electrons. The van der Waals surface area contributed by atoms with Crippen molar-refractivity contribution in [2.75, 3.05) is 26.7 Å². The van der Waals surface area contributed by atoms with Crippen molar-refractivity contribution in [1.29, 1.82) is 0 Å². The van der Waals surface area contributed by atoms with E-state index in [1.54, 1.807) is 7.05 Å². The molecule has 0 saturated carbocycles. The smallest absolute Gasteiger partial charge is 0.243 e. The number of hydrogen-bond acceptors (Lipinski definition) is 4. The van der Waals surface area contributed by atoms with E-state index < -0.39 is 21.7 Å². The molecule has 10 heteroatoms.